The third-order valence-corrected chi connectivity index (χ3v) is 5.75. The van der Waals surface area contributed by atoms with Crippen molar-refractivity contribution in [2.75, 3.05) is 19.3 Å². The molecule has 0 radical (unpaired) electrons. The van der Waals surface area contributed by atoms with Gasteiger partial charge < -0.3 is 9.88 Å². The van der Waals surface area contributed by atoms with Crippen molar-refractivity contribution in [3.05, 3.63) is 18.2 Å². The molecule has 2 rings (SSSR count). The summed E-state index contributed by atoms with van der Waals surface area (Å²) < 4.78 is 13.7. The molecule has 1 aliphatic rings. The Labute approximate surface area is 118 Å². The van der Waals surface area contributed by atoms with Crippen molar-refractivity contribution in [3.8, 4) is 0 Å². The highest BCUT2D eigenvalue weighted by molar-refractivity contribution is 7.84. The zero-order valence-corrected chi connectivity index (χ0v) is 13.0. The molecule has 1 saturated heterocycles. The van der Waals surface area contributed by atoms with Gasteiger partial charge in [-0.1, -0.05) is 13.8 Å². The van der Waals surface area contributed by atoms with Gasteiger partial charge >= 0.3 is 0 Å². The van der Waals surface area contributed by atoms with Crippen molar-refractivity contribution in [2.45, 2.75) is 50.3 Å². The molecular formula is C14H25N3OS. The van der Waals surface area contributed by atoms with Crippen LogP contribution in [0.25, 0.3) is 0 Å². The Bertz CT molecular complexity index is 438. The Balaban J connectivity index is 2.07. The average Bonchev–Trinajstić information content (AvgIpc) is 2.85. The zero-order chi connectivity index (χ0) is 13.9. The summed E-state index contributed by atoms with van der Waals surface area (Å²) in [7, 11) is -0.737. The van der Waals surface area contributed by atoms with E-state index in [9.17, 15) is 4.21 Å². The number of imidazole rings is 1. The van der Waals surface area contributed by atoms with Crippen LogP contribution < -0.4 is 5.32 Å². The predicted molar refractivity (Wildman–Crippen MR) is 79.8 cm³/mol. The molecule has 19 heavy (non-hydrogen) atoms. The molecule has 1 N–H and O–H groups in total. The summed E-state index contributed by atoms with van der Waals surface area (Å²) in [5.41, 5.74) is 1.57. The minimum Gasteiger partial charge on any atom is -0.334 e. The van der Waals surface area contributed by atoms with E-state index in [4.69, 9.17) is 0 Å². The van der Waals surface area contributed by atoms with Gasteiger partial charge in [-0.3, -0.25) is 4.21 Å². The van der Waals surface area contributed by atoms with E-state index in [-0.39, 0.29) is 10.7 Å². The lowest BCUT2D eigenvalue weighted by atomic mass is 9.78. The zero-order valence-electron chi connectivity index (χ0n) is 12.2. The molecule has 1 aromatic heterocycles. The third-order valence-electron chi connectivity index (χ3n) is 4.38. The van der Waals surface area contributed by atoms with Crippen molar-refractivity contribution in [2.24, 2.45) is 0 Å². The number of rotatable bonds is 5. The molecule has 1 aliphatic heterocycles. The molecular weight excluding hydrogens is 258 g/mol. The Morgan fingerprint density at radius 3 is 2.84 bits per heavy atom. The van der Waals surface area contributed by atoms with E-state index in [1.165, 1.54) is 5.69 Å². The van der Waals surface area contributed by atoms with Gasteiger partial charge in [0.25, 0.3) is 0 Å². The van der Waals surface area contributed by atoms with Crippen LogP contribution in [0, 0.1) is 0 Å². The van der Waals surface area contributed by atoms with Crippen LogP contribution in [-0.4, -0.2) is 38.4 Å². The summed E-state index contributed by atoms with van der Waals surface area (Å²) in [5, 5.41) is 3.66. The molecule has 0 aliphatic carbocycles. The Morgan fingerprint density at radius 1 is 1.53 bits per heavy atom. The smallest absolute Gasteiger partial charge is 0.0948 e. The van der Waals surface area contributed by atoms with Crippen molar-refractivity contribution in [1.29, 1.82) is 0 Å². The van der Waals surface area contributed by atoms with Crippen molar-refractivity contribution >= 4 is 10.8 Å². The van der Waals surface area contributed by atoms with Crippen LogP contribution in [0.2, 0.25) is 0 Å². The molecule has 0 amide bonds. The quantitative estimate of drug-likeness (QED) is 0.894. The molecule has 1 aromatic rings. The van der Waals surface area contributed by atoms with Crippen LogP contribution in [0.15, 0.2) is 12.5 Å². The fraction of sp³-hybridized carbons (Fsp3) is 0.786. The number of hydrogen-bond donors (Lipinski definition) is 1. The minimum absolute atomic E-state index is 0.232. The van der Waals surface area contributed by atoms with Crippen molar-refractivity contribution in [1.82, 2.24) is 14.9 Å². The van der Waals surface area contributed by atoms with Gasteiger partial charge in [0, 0.05) is 46.2 Å². The van der Waals surface area contributed by atoms with Crippen LogP contribution in [0.4, 0.5) is 0 Å². The number of aryl methyl sites for hydroxylation is 1. The lowest BCUT2D eigenvalue weighted by Gasteiger charge is -2.34. The third kappa shape index (κ3) is 3.45. The topological polar surface area (TPSA) is 46.9 Å². The van der Waals surface area contributed by atoms with Gasteiger partial charge in [0.1, 0.15) is 0 Å². The SMILES string of the molecule is CC(CCn1cncc1C1(C)CCNCC1)S(C)=O. The summed E-state index contributed by atoms with van der Waals surface area (Å²) in [6, 6.07) is 0. The van der Waals surface area contributed by atoms with E-state index in [0.29, 0.717) is 0 Å². The number of nitrogens with one attached hydrogen (secondary N) is 1. The standard InChI is InChI=1S/C14H25N3OS/c1-12(19(3)18)4-9-17-11-16-10-13(17)14(2)5-7-15-8-6-14/h10-12,15H,4-9H2,1-3H3. The van der Waals surface area contributed by atoms with Gasteiger partial charge in [0.2, 0.25) is 0 Å². The Morgan fingerprint density at radius 2 is 2.21 bits per heavy atom. The first kappa shape index (κ1) is 14.7. The maximum Gasteiger partial charge on any atom is 0.0948 e. The van der Waals surface area contributed by atoms with Gasteiger partial charge in [-0.2, -0.15) is 0 Å². The lowest BCUT2D eigenvalue weighted by Crippen LogP contribution is -2.39. The van der Waals surface area contributed by atoms with Crippen LogP contribution in [0.1, 0.15) is 38.8 Å². The van der Waals surface area contributed by atoms with Crippen molar-refractivity contribution in [3.63, 3.8) is 0 Å². The van der Waals surface area contributed by atoms with Gasteiger partial charge in [0.15, 0.2) is 0 Å². The minimum atomic E-state index is -0.737. The number of hydrogen-bond acceptors (Lipinski definition) is 3. The molecule has 2 atom stereocenters. The predicted octanol–water partition coefficient (Wildman–Crippen LogP) is 1.68. The van der Waals surface area contributed by atoms with E-state index in [1.807, 2.05) is 12.5 Å². The van der Waals surface area contributed by atoms with Crippen molar-refractivity contribution < 1.29 is 4.21 Å². The molecule has 5 heteroatoms. The van der Waals surface area contributed by atoms with Crippen LogP contribution >= 0.6 is 0 Å². The molecule has 2 heterocycles. The fourth-order valence-corrected chi connectivity index (χ4v) is 3.16. The van der Waals surface area contributed by atoms with Gasteiger partial charge in [-0.05, 0) is 32.4 Å². The molecule has 0 spiro atoms. The summed E-state index contributed by atoms with van der Waals surface area (Å²) in [6.07, 6.45) is 8.99. The molecule has 0 bridgehead atoms. The number of piperidine rings is 1. The number of aromatic nitrogens is 2. The largest absolute Gasteiger partial charge is 0.334 e. The molecule has 1 fully saturated rings. The monoisotopic (exact) mass is 283 g/mol. The Hall–Kier alpha value is -0.680. The molecule has 0 aromatic carbocycles. The summed E-state index contributed by atoms with van der Waals surface area (Å²) in [4.78, 5) is 4.33. The summed E-state index contributed by atoms with van der Waals surface area (Å²) in [6.45, 7) is 7.47. The second kappa shape index (κ2) is 6.18. The van der Waals surface area contributed by atoms with Crippen LogP contribution in [-0.2, 0) is 22.8 Å². The maximum absolute atomic E-state index is 11.4. The van der Waals surface area contributed by atoms with Gasteiger partial charge in [-0.15, -0.1) is 0 Å². The molecule has 108 valence electrons. The van der Waals surface area contributed by atoms with E-state index < -0.39 is 10.8 Å². The highest BCUT2D eigenvalue weighted by Gasteiger charge is 2.31. The Kier molecular flexibility index (Phi) is 4.79. The number of nitrogens with zero attached hydrogens (tertiary/aromatic N) is 2. The first-order chi connectivity index (χ1) is 9.03. The summed E-state index contributed by atoms with van der Waals surface area (Å²) >= 11 is 0. The second-order valence-electron chi connectivity index (χ2n) is 5.88. The molecule has 0 saturated carbocycles. The van der Waals surface area contributed by atoms with Gasteiger partial charge in [-0.25, -0.2) is 4.98 Å². The van der Waals surface area contributed by atoms with Gasteiger partial charge in [0.05, 0.1) is 6.33 Å². The lowest BCUT2D eigenvalue weighted by molar-refractivity contribution is 0.316. The second-order valence-corrected chi connectivity index (χ2v) is 7.68. The first-order valence-corrected chi connectivity index (χ1v) is 8.68. The first-order valence-electron chi connectivity index (χ1n) is 7.06. The van der Waals surface area contributed by atoms with E-state index in [0.717, 1.165) is 38.9 Å². The van der Waals surface area contributed by atoms with Crippen LogP contribution in [0.5, 0.6) is 0 Å². The highest BCUT2D eigenvalue weighted by atomic mass is 32.2. The normalized spacial score (nSPS) is 22.1. The van der Waals surface area contributed by atoms with E-state index >= 15 is 0 Å². The maximum atomic E-state index is 11.4. The molecule has 2 unspecified atom stereocenters. The van der Waals surface area contributed by atoms with Crippen LogP contribution in [0.3, 0.4) is 0 Å². The molecule has 4 nitrogen and oxygen atoms in total. The highest BCUT2D eigenvalue weighted by Crippen LogP contribution is 2.32. The average molecular weight is 283 g/mol. The van der Waals surface area contributed by atoms with E-state index in [2.05, 4.69) is 28.7 Å². The summed E-state index contributed by atoms with van der Waals surface area (Å²) in [5.74, 6) is 0. The van der Waals surface area contributed by atoms with E-state index in [1.54, 1.807) is 6.26 Å². The fourth-order valence-electron chi connectivity index (χ4n) is 2.72.